The lowest BCUT2D eigenvalue weighted by Crippen LogP contribution is -2.32. The Bertz CT molecular complexity index is 1180. The van der Waals surface area contributed by atoms with Gasteiger partial charge in [-0.25, -0.2) is 9.82 Å². The highest BCUT2D eigenvalue weighted by molar-refractivity contribution is 6.39. The summed E-state index contributed by atoms with van der Waals surface area (Å²) in [5.41, 5.74) is 3.17. The van der Waals surface area contributed by atoms with Crippen molar-refractivity contribution in [3.8, 4) is 11.5 Å². The standard InChI is InChI=1S/C23H18Cl2FN3O4/c1-32-21-11-14(9-10-20(21)33-13-15-16(24)5-4-6-17(15)25)12-27-29-23(31)22(30)28-19-8-3-2-7-18(19)26/h2-12H,13H2,1H3,(H,28,30)(H,29,31). The zero-order valence-electron chi connectivity index (χ0n) is 17.3. The number of hydrogen-bond donors (Lipinski definition) is 2. The van der Waals surface area contributed by atoms with Crippen LogP contribution < -0.4 is 20.2 Å². The molecule has 3 aromatic rings. The molecule has 0 aromatic heterocycles. The van der Waals surface area contributed by atoms with Crippen molar-refractivity contribution >= 4 is 46.9 Å². The molecule has 33 heavy (non-hydrogen) atoms. The van der Waals surface area contributed by atoms with Crippen LogP contribution in [-0.4, -0.2) is 25.1 Å². The van der Waals surface area contributed by atoms with Gasteiger partial charge in [-0.05, 0) is 48.0 Å². The molecule has 0 saturated heterocycles. The van der Waals surface area contributed by atoms with Crippen LogP contribution >= 0.6 is 23.2 Å². The second kappa shape index (κ2) is 11.3. The second-order valence-corrected chi connectivity index (χ2v) is 7.35. The quantitative estimate of drug-likeness (QED) is 0.283. The minimum absolute atomic E-state index is 0.111. The molecule has 0 unspecified atom stereocenters. The van der Waals surface area contributed by atoms with Crippen molar-refractivity contribution in [1.82, 2.24) is 5.43 Å². The summed E-state index contributed by atoms with van der Waals surface area (Å²) in [5, 5.41) is 6.87. The average Bonchev–Trinajstić information content (AvgIpc) is 2.80. The van der Waals surface area contributed by atoms with Gasteiger partial charge in [0.2, 0.25) is 0 Å². The van der Waals surface area contributed by atoms with Crippen molar-refractivity contribution in [2.45, 2.75) is 6.61 Å². The Balaban J connectivity index is 1.60. The van der Waals surface area contributed by atoms with Crippen LogP contribution in [0.25, 0.3) is 0 Å². The van der Waals surface area contributed by atoms with Crippen molar-refractivity contribution in [2.75, 3.05) is 12.4 Å². The van der Waals surface area contributed by atoms with Gasteiger partial charge in [-0.2, -0.15) is 5.10 Å². The summed E-state index contributed by atoms with van der Waals surface area (Å²) in [6.45, 7) is 0.134. The fourth-order valence-corrected chi connectivity index (χ4v) is 3.17. The van der Waals surface area contributed by atoms with Gasteiger partial charge >= 0.3 is 11.8 Å². The number of carbonyl (C=O) groups is 2. The molecule has 0 aliphatic rings. The number of carbonyl (C=O) groups excluding carboxylic acids is 2. The molecular formula is C23H18Cl2FN3O4. The Hall–Kier alpha value is -3.62. The van der Waals surface area contributed by atoms with Crippen LogP contribution in [0.5, 0.6) is 11.5 Å². The number of benzene rings is 3. The number of para-hydroxylation sites is 1. The fraction of sp³-hybridized carbons (Fsp3) is 0.0870. The smallest absolute Gasteiger partial charge is 0.329 e. The Morgan fingerprint density at radius 1 is 1.00 bits per heavy atom. The van der Waals surface area contributed by atoms with Crippen LogP contribution in [0.15, 0.2) is 65.8 Å². The van der Waals surface area contributed by atoms with E-state index in [9.17, 15) is 14.0 Å². The van der Waals surface area contributed by atoms with Gasteiger partial charge in [0.05, 0.1) is 19.0 Å². The lowest BCUT2D eigenvalue weighted by Gasteiger charge is -2.13. The molecule has 170 valence electrons. The maximum absolute atomic E-state index is 13.6. The number of methoxy groups -OCH3 is 1. The highest BCUT2D eigenvalue weighted by Crippen LogP contribution is 2.31. The van der Waals surface area contributed by atoms with Gasteiger partial charge in [-0.3, -0.25) is 9.59 Å². The van der Waals surface area contributed by atoms with Crippen LogP contribution in [0.1, 0.15) is 11.1 Å². The van der Waals surface area contributed by atoms with E-state index in [4.69, 9.17) is 32.7 Å². The molecule has 0 atom stereocenters. The predicted molar refractivity (Wildman–Crippen MR) is 125 cm³/mol. The monoisotopic (exact) mass is 489 g/mol. The van der Waals surface area contributed by atoms with E-state index < -0.39 is 17.6 Å². The molecule has 10 heteroatoms. The summed E-state index contributed by atoms with van der Waals surface area (Å²) in [6.07, 6.45) is 1.31. The van der Waals surface area contributed by atoms with E-state index >= 15 is 0 Å². The first-order valence-corrected chi connectivity index (χ1v) is 10.3. The van der Waals surface area contributed by atoms with E-state index in [1.165, 1.54) is 31.5 Å². The third kappa shape index (κ3) is 6.44. The van der Waals surface area contributed by atoms with Crippen LogP contribution in [0.3, 0.4) is 0 Å². The molecule has 0 spiro atoms. The van der Waals surface area contributed by atoms with Gasteiger partial charge in [-0.1, -0.05) is 41.4 Å². The number of anilines is 1. The first kappa shape index (κ1) is 24.0. The van der Waals surface area contributed by atoms with Gasteiger partial charge in [0.25, 0.3) is 0 Å². The Labute approximate surface area is 199 Å². The Kier molecular flexibility index (Phi) is 8.23. The van der Waals surface area contributed by atoms with E-state index in [-0.39, 0.29) is 12.3 Å². The highest BCUT2D eigenvalue weighted by Gasteiger charge is 2.15. The third-order valence-electron chi connectivity index (χ3n) is 4.33. The number of amides is 2. The number of nitrogens with zero attached hydrogens (tertiary/aromatic N) is 1. The molecule has 2 N–H and O–H groups in total. The molecular weight excluding hydrogens is 472 g/mol. The fourth-order valence-electron chi connectivity index (χ4n) is 2.66. The molecule has 3 aromatic carbocycles. The molecule has 0 aliphatic carbocycles. The van der Waals surface area contributed by atoms with Gasteiger partial charge < -0.3 is 14.8 Å². The number of nitrogens with one attached hydrogen (secondary N) is 2. The lowest BCUT2D eigenvalue weighted by atomic mass is 10.2. The van der Waals surface area contributed by atoms with Crippen LogP contribution in [0.2, 0.25) is 10.0 Å². The lowest BCUT2D eigenvalue weighted by molar-refractivity contribution is -0.136. The minimum atomic E-state index is -1.06. The predicted octanol–water partition coefficient (Wildman–Crippen LogP) is 4.81. The zero-order chi connectivity index (χ0) is 23.8. The molecule has 0 radical (unpaired) electrons. The van der Waals surface area contributed by atoms with E-state index in [1.54, 1.807) is 36.4 Å². The van der Waals surface area contributed by atoms with E-state index in [1.807, 2.05) is 0 Å². The topological polar surface area (TPSA) is 89.0 Å². The molecule has 0 bridgehead atoms. The maximum atomic E-state index is 13.6. The zero-order valence-corrected chi connectivity index (χ0v) is 18.8. The summed E-state index contributed by atoms with van der Waals surface area (Å²) >= 11 is 12.3. The van der Waals surface area contributed by atoms with E-state index in [2.05, 4.69) is 15.8 Å². The van der Waals surface area contributed by atoms with Crippen LogP contribution in [0, 0.1) is 5.82 Å². The Morgan fingerprint density at radius 3 is 2.42 bits per heavy atom. The number of halogens is 3. The molecule has 3 rings (SSSR count). The van der Waals surface area contributed by atoms with Gasteiger partial charge in [0.1, 0.15) is 12.4 Å². The maximum Gasteiger partial charge on any atom is 0.329 e. The molecule has 7 nitrogen and oxygen atoms in total. The number of hydrogen-bond acceptors (Lipinski definition) is 5. The summed E-state index contributed by atoms with van der Waals surface area (Å²) < 4.78 is 24.7. The van der Waals surface area contributed by atoms with Gasteiger partial charge in [-0.15, -0.1) is 0 Å². The van der Waals surface area contributed by atoms with Crippen molar-refractivity contribution in [2.24, 2.45) is 5.10 Å². The molecule has 0 aliphatic heterocycles. The highest BCUT2D eigenvalue weighted by atomic mass is 35.5. The summed E-state index contributed by atoms with van der Waals surface area (Å²) in [7, 11) is 1.47. The number of ether oxygens (including phenoxy) is 2. The Morgan fingerprint density at radius 2 is 1.73 bits per heavy atom. The van der Waals surface area contributed by atoms with Crippen molar-refractivity contribution in [1.29, 1.82) is 0 Å². The van der Waals surface area contributed by atoms with E-state index in [0.29, 0.717) is 32.7 Å². The molecule has 0 saturated carbocycles. The summed E-state index contributed by atoms with van der Waals surface area (Å²) in [6, 6.07) is 15.6. The van der Waals surface area contributed by atoms with E-state index in [0.717, 1.165) is 6.07 Å². The molecule has 0 heterocycles. The molecule has 0 fully saturated rings. The minimum Gasteiger partial charge on any atom is -0.493 e. The SMILES string of the molecule is COc1cc(C=NNC(=O)C(=O)Nc2ccccc2F)ccc1OCc1c(Cl)cccc1Cl. The second-order valence-electron chi connectivity index (χ2n) is 6.53. The number of hydrazone groups is 1. The summed E-state index contributed by atoms with van der Waals surface area (Å²) in [5.74, 6) is -1.92. The van der Waals surface area contributed by atoms with Crippen molar-refractivity contribution < 1.29 is 23.5 Å². The van der Waals surface area contributed by atoms with Gasteiger partial charge in [0.15, 0.2) is 11.5 Å². The normalized spacial score (nSPS) is 10.7. The van der Waals surface area contributed by atoms with Gasteiger partial charge in [0, 0.05) is 15.6 Å². The first-order chi connectivity index (χ1) is 15.9. The number of rotatable bonds is 7. The van der Waals surface area contributed by atoms with Crippen LogP contribution in [-0.2, 0) is 16.2 Å². The molecule has 2 amide bonds. The third-order valence-corrected chi connectivity index (χ3v) is 5.04. The first-order valence-electron chi connectivity index (χ1n) is 9.51. The van der Waals surface area contributed by atoms with Crippen molar-refractivity contribution in [3.63, 3.8) is 0 Å². The van der Waals surface area contributed by atoms with Crippen LogP contribution in [0.4, 0.5) is 10.1 Å². The summed E-state index contributed by atoms with van der Waals surface area (Å²) in [4.78, 5) is 23.7. The van der Waals surface area contributed by atoms with Crippen molar-refractivity contribution in [3.05, 3.63) is 87.7 Å². The average molecular weight is 490 g/mol. The largest absolute Gasteiger partial charge is 0.493 e.